The summed E-state index contributed by atoms with van der Waals surface area (Å²) in [5.74, 6) is 0.538. The van der Waals surface area contributed by atoms with Gasteiger partial charge in [-0.05, 0) is 35.0 Å². The van der Waals surface area contributed by atoms with Crippen LogP contribution in [0.3, 0.4) is 0 Å². The molecule has 4 aromatic rings. The molecular formula is C22H21N3O3. The minimum absolute atomic E-state index is 0.114. The molecule has 0 unspecified atom stereocenters. The van der Waals surface area contributed by atoms with Crippen molar-refractivity contribution in [1.82, 2.24) is 14.7 Å². The van der Waals surface area contributed by atoms with Gasteiger partial charge in [0.2, 0.25) is 0 Å². The Bertz CT molecular complexity index is 1100. The number of amides is 1. The molecule has 2 aromatic heterocycles. The molecule has 0 spiro atoms. The average molecular weight is 375 g/mol. The van der Waals surface area contributed by atoms with E-state index in [2.05, 4.69) is 5.10 Å². The molecule has 0 saturated carbocycles. The van der Waals surface area contributed by atoms with Crippen LogP contribution in [0.2, 0.25) is 0 Å². The Balaban J connectivity index is 1.77. The lowest BCUT2D eigenvalue weighted by atomic mass is 9.97. The van der Waals surface area contributed by atoms with E-state index in [1.165, 1.54) is 0 Å². The summed E-state index contributed by atoms with van der Waals surface area (Å²) < 4.78 is 7.20. The van der Waals surface area contributed by atoms with E-state index in [-0.39, 0.29) is 19.1 Å². The lowest BCUT2D eigenvalue weighted by molar-refractivity contribution is 0.0697. The zero-order valence-corrected chi connectivity index (χ0v) is 15.6. The predicted molar refractivity (Wildman–Crippen MR) is 107 cm³/mol. The number of hydrogen-bond donors (Lipinski definition) is 1. The van der Waals surface area contributed by atoms with Crippen LogP contribution in [0.5, 0.6) is 0 Å². The molecule has 0 bridgehead atoms. The van der Waals surface area contributed by atoms with Gasteiger partial charge >= 0.3 is 0 Å². The summed E-state index contributed by atoms with van der Waals surface area (Å²) in [6.45, 7) is 0.430. The van der Waals surface area contributed by atoms with Crippen LogP contribution in [0.1, 0.15) is 16.1 Å². The number of benzene rings is 2. The van der Waals surface area contributed by atoms with Crippen molar-refractivity contribution in [3.05, 3.63) is 78.4 Å². The second kappa shape index (κ2) is 7.70. The average Bonchev–Trinajstić information content (AvgIpc) is 3.38. The molecule has 0 radical (unpaired) electrons. The Morgan fingerprint density at radius 3 is 2.64 bits per heavy atom. The predicted octanol–water partition coefficient (Wildman–Crippen LogP) is 3.47. The molecule has 28 heavy (non-hydrogen) atoms. The molecule has 2 heterocycles. The molecule has 0 fully saturated rings. The number of carbonyl (C=O) groups excluding carboxylic acids is 1. The number of aliphatic hydroxyl groups is 1. The van der Waals surface area contributed by atoms with Gasteiger partial charge in [0.1, 0.15) is 5.76 Å². The van der Waals surface area contributed by atoms with E-state index in [1.54, 1.807) is 23.4 Å². The van der Waals surface area contributed by atoms with Crippen molar-refractivity contribution in [2.75, 3.05) is 13.2 Å². The van der Waals surface area contributed by atoms with E-state index in [9.17, 15) is 9.90 Å². The summed E-state index contributed by atoms with van der Waals surface area (Å²) >= 11 is 0. The number of aliphatic hydroxyl groups excluding tert-OH is 1. The Labute approximate surface area is 162 Å². The number of aryl methyl sites for hydroxylation is 1. The van der Waals surface area contributed by atoms with E-state index >= 15 is 0 Å². The van der Waals surface area contributed by atoms with E-state index < -0.39 is 0 Å². The molecule has 0 aliphatic carbocycles. The molecule has 6 heteroatoms. The summed E-state index contributed by atoms with van der Waals surface area (Å²) in [6, 6.07) is 17.2. The summed E-state index contributed by atoms with van der Waals surface area (Å²) in [7, 11) is 1.90. The molecule has 2 aromatic carbocycles. The van der Waals surface area contributed by atoms with Gasteiger partial charge in [-0.25, -0.2) is 0 Å². The van der Waals surface area contributed by atoms with Gasteiger partial charge in [-0.2, -0.15) is 5.10 Å². The molecule has 0 aliphatic rings. The van der Waals surface area contributed by atoms with E-state index in [0.29, 0.717) is 17.9 Å². The maximum absolute atomic E-state index is 13.3. The topological polar surface area (TPSA) is 71.5 Å². The van der Waals surface area contributed by atoms with Crippen LogP contribution in [0, 0.1) is 0 Å². The lowest BCUT2D eigenvalue weighted by Gasteiger charge is -2.22. The number of carbonyl (C=O) groups is 1. The Morgan fingerprint density at radius 2 is 1.93 bits per heavy atom. The van der Waals surface area contributed by atoms with Crippen LogP contribution in [-0.2, 0) is 13.6 Å². The third-order valence-corrected chi connectivity index (χ3v) is 4.83. The Hall–Kier alpha value is -3.38. The van der Waals surface area contributed by atoms with Crippen LogP contribution in [0.25, 0.3) is 22.0 Å². The van der Waals surface area contributed by atoms with Gasteiger partial charge in [0.05, 0.1) is 25.1 Å². The molecule has 0 saturated heterocycles. The van der Waals surface area contributed by atoms with Crippen molar-refractivity contribution < 1.29 is 14.3 Å². The van der Waals surface area contributed by atoms with Gasteiger partial charge in [0, 0.05) is 30.9 Å². The number of fused-ring (bicyclic) bond motifs is 1. The van der Waals surface area contributed by atoms with Gasteiger partial charge in [-0.1, -0.05) is 30.3 Å². The first-order valence-corrected chi connectivity index (χ1v) is 9.11. The molecule has 1 amide bonds. The maximum Gasteiger partial charge on any atom is 0.254 e. The third kappa shape index (κ3) is 3.30. The van der Waals surface area contributed by atoms with Crippen molar-refractivity contribution in [2.24, 2.45) is 7.05 Å². The van der Waals surface area contributed by atoms with Crippen LogP contribution in [0.15, 0.2) is 71.5 Å². The maximum atomic E-state index is 13.3. The molecule has 0 atom stereocenters. The Kier molecular flexibility index (Phi) is 4.95. The van der Waals surface area contributed by atoms with Crippen LogP contribution >= 0.6 is 0 Å². The van der Waals surface area contributed by atoms with E-state index in [4.69, 9.17) is 4.42 Å². The van der Waals surface area contributed by atoms with Crippen molar-refractivity contribution in [1.29, 1.82) is 0 Å². The summed E-state index contributed by atoms with van der Waals surface area (Å²) in [4.78, 5) is 14.9. The number of furan rings is 1. The fourth-order valence-corrected chi connectivity index (χ4v) is 3.49. The van der Waals surface area contributed by atoms with E-state index in [0.717, 1.165) is 22.0 Å². The highest BCUT2D eigenvalue weighted by Crippen LogP contribution is 2.30. The largest absolute Gasteiger partial charge is 0.467 e. The minimum atomic E-state index is -0.141. The fraction of sp³-hybridized carbons (Fsp3) is 0.182. The highest BCUT2D eigenvalue weighted by atomic mass is 16.3. The first-order chi connectivity index (χ1) is 13.7. The number of aromatic nitrogens is 2. The summed E-state index contributed by atoms with van der Waals surface area (Å²) in [5, 5.41) is 15.5. The van der Waals surface area contributed by atoms with Gasteiger partial charge in [-0.15, -0.1) is 0 Å². The SMILES string of the molecule is Cn1nccc1-c1cccc2c(C(=O)N(CCO)Cc3ccco3)cccc12. The van der Waals surface area contributed by atoms with Crippen molar-refractivity contribution in [3.8, 4) is 11.3 Å². The summed E-state index contributed by atoms with van der Waals surface area (Å²) in [6.07, 6.45) is 3.34. The molecule has 4 rings (SSSR count). The van der Waals surface area contributed by atoms with Gasteiger partial charge in [0.15, 0.2) is 0 Å². The quantitative estimate of drug-likeness (QED) is 0.560. The third-order valence-electron chi connectivity index (χ3n) is 4.83. The van der Waals surface area contributed by atoms with Crippen LogP contribution in [-0.4, -0.2) is 38.8 Å². The van der Waals surface area contributed by atoms with Crippen molar-refractivity contribution in [3.63, 3.8) is 0 Å². The van der Waals surface area contributed by atoms with Gasteiger partial charge in [0.25, 0.3) is 5.91 Å². The molecule has 6 nitrogen and oxygen atoms in total. The minimum Gasteiger partial charge on any atom is -0.467 e. The molecule has 142 valence electrons. The van der Waals surface area contributed by atoms with Crippen molar-refractivity contribution >= 4 is 16.7 Å². The highest BCUT2D eigenvalue weighted by molar-refractivity contribution is 6.10. The highest BCUT2D eigenvalue weighted by Gasteiger charge is 2.20. The van der Waals surface area contributed by atoms with Crippen molar-refractivity contribution in [2.45, 2.75) is 6.54 Å². The second-order valence-electron chi connectivity index (χ2n) is 6.58. The smallest absolute Gasteiger partial charge is 0.254 e. The first-order valence-electron chi connectivity index (χ1n) is 9.11. The van der Waals surface area contributed by atoms with Gasteiger partial charge in [-0.3, -0.25) is 9.48 Å². The van der Waals surface area contributed by atoms with E-state index in [1.807, 2.05) is 60.3 Å². The standard InChI is InChI=1S/C22H21N3O3/c1-24-21(10-11-23-24)19-8-2-7-18-17(19)6-3-9-20(18)22(27)25(12-13-26)15-16-5-4-14-28-16/h2-11,14,26H,12-13,15H2,1H3. The van der Waals surface area contributed by atoms with Crippen LogP contribution < -0.4 is 0 Å². The lowest BCUT2D eigenvalue weighted by Crippen LogP contribution is -2.33. The fourth-order valence-electron chi connectivity index (χ4n) is 3.49. The first kappa shape index (κ1) is 18.0. The normalized spacial score (nSPS) is 11.1. The Morgan fingerprint density at radius 1 is 1.11 bits per heavy atom. The molecular weight excluding hydrogens is 354 g/mol. The zero-order valence-electron chi connectivity index (χ0n) is 15.6. The second-order valence-corrected chi connectivity index (χ2v) is 6.58. The zero-order chi connectivity index (χ0) is 19.5. The van der Waals surface area contributed by atoms with Crippen LogP contribution in [0.4, 0.5) is 0 Å². The van der Waals surface area contributed by atoms with Gasteiger partial charge < -0.3 is 14.4 Å². The summed E-state index contributed by atoms with van der Waals surface area (Å²) in [5.41, 5.74) is 2.60. The number of rotatable bonds is 6. The monoisotopic (exact) mass is 375 g/mol. The number of hydrogen-bond acceptors (Lipinski definition) is 4. The molecule has 0 aliphatic heterocycles. The molecule has 1 N–H and O–H groups in total. The number of nitrogens with zero attached hydrogens (tertiary/aromatic N) is 3.